The van der Waals surface area contributed by atoms with Crippen molar-refractivity contribution in [3.05, 3.63) is 29.8 Å². The third kappa shape index (κ3) is 4.75. The molecule has 114 valence electrons. The predicted molar refractivity (Wildman–Crippen MR) is 85.4 cm³/mol. The van der Waals surface area contributed by atoms with E-state index in [2.05, 4.69) is 44.3 Å². The molecule has 1 aromatic carbocycles. The van der Waals surface area contributed by atoms with Crippen molar-refractivity contribution in [2.75, 3.05) is 6.61 Å². The van der Waals surface area contributed by atoms with Gasteiger partial charge in [-0.1, -0.05) is 32.9 Å². The molecule has 1 N–H and O–H groups in total. The summed E-state index contributed by atoms with van der Waals surface area (Å²) < 4.78 is 5.78. The molecule has 1 saturated carbocycles. The molecule has 1 aliphatic rings. The Morgan fingerprint density at radius 3 is 2.29 bits per heavy atom. The zero-order valence-electron chi connectivity index (χ0n) is 13.6. The highest BCUT2D eigenvalue weighted by atomic mass is 16.5. The average Bonchev–Trinajstić information content (AvgIpc) is 3.22. The molecule has 3 nitrogen and oxygen atoms in total. The molecule has 0 spiro atoms. The van der Waals surface area contributed by atoms with Crippen molar-refractivity contribution in [1.29, 1.82) is 5.26 Å². The van der Waals surface area contributed by atoms with Gasteiger partial charge in [-0.05, 0) is 42.9 Å². The van der Waals surface area contributed by atoms with Gasteiger partial charge in [-0.2, -0.15) is 5.26 Å². The standard InChI is InChI=1S/C18H26N2O/c1-17(2,3)14-5-9-16(10-6-14)21-12-11-18(4,13-19)20-15-7-8-15/h5-6,9-10,15,20H,7-8,11-12H2,1-4H3. The van der Waals surface area contributed by atoms with Gasteiger partial charge in [0, 0.05) is 12.5 Å². The molecule has 1 atom stereocenters. The molecule has 1 unspecified atom stereocenters. The molecule has 21 heavy (non-hydrogen) atoms. The van der Waals surface area contributed by atoms with E-state index in [1.165, 1.54) is 18.4 Å². The van der Waals surface area contributed by atoms with Crippen LogP contribution in [-0.2, 0) is 5.41 Å². The van der Waals surface area contributed by atoms with Crippen LogP contribution in [0.3, 0.4) is 0 Å². The molecule has 0 saturated heterocycles. The van der Waals surface area contributed by atoms with Crippen LogP contribution >= 0.6 is 0 Å². The fraction of sp³-hybridized carbons (Fsp3) is 0.611. The molecule has 1 aromatic rings. The van der Waals surface area contributed by atoms with Gasteiger partial charge in [0.25, 0.3) is 0 Å². The molecule has 0 amide bonds. The van der Waals surface area contributed by atoms with Gasteiger partial charge in [0.15, 0.2) is 0 Å². The molecule has 1 fully saturated rings. The summed E-state index contributed by atoms with van der Waals surface area (Å²) in [6.45, 7) is 9.11. The molecular formula is C18H26N2O. The minimum absolute atomic E-state index is 0.159. The molecule has 0 radical (unpaired) electrons. The quantitative estimate of drug-likeness (QED) is 0.865. The summed E-state index contributed by atoms with van der Waals surface area (Å²) in [7, 11) is 0. The molecule has 2 rings (SSSR count). The lowest BCUT2D eigenvalue weighted by molar-refractivity contribution is 0.266. The second kappa shape index (κ2) is 6.07. The Kier molecular flexibility index (Phi) is 4.58. The molecule has 0 heterocycles. The first-order chi connectivity index (χ1) is 9.82. The third-order valence-electron chi connectivity index (χ3n) is 3.94. The van der Waals surface area contributed by atoms with Crippen molar-refractivity contribution in [2.45, 2.75) is 64.0 Å². The van der Waals surface area contributed by atoms with E-state index >= 15 is 0 Å². The van der Waals surface area contributed by atoms with Gasteiger partial charge in [0.1, 0.15) is 11.3 Å². The number of benzene rings is 1. The Labute approximate surface area is 128 Å². The summed E-state index contributed by atoms with van der Waals surface area (Å²) in [5.41, 5.74) is 0.977. The van der Waals surface area contributed by atoms with Crippen molar-refractivity contribution >= 4 is 0 Å². The average molecular weight is 286 g/mol. The molecule has 1 aliphatic carbocycles. The second-order valence-electron chi connectivity index (χ2n) is 7.24. The van der Waals surface area contributed by atoms with Crippen LogP contribution in [0, 0.1) is 11.3 Å². The topological polar surface area (TPSA) is 45.0 Å². The second-order valence-corrected chi connectivity index (χ2v) is 7.24. The highest BCUT2D eigenvalue weighted by Crippen LogP contribution is 2.25. The number of nitrogens with one attached hydrogen (secondary N) is 1. The minimum atomic E-state index is -0.480. The fourth-order valence-electron chi connectivity index (χ4n) is 2.26. The normalized spacial score (nSPS) is 17.9. The zero-order valence-corrected chi connectivity index (χ0v) is 13.6. The Morgan fingerprint density at radius 2 is 1.81 bits per heavy atom. The molecule has 0 aromatic heterocycles. The lowest BCUT2D eigenvalue weighted by Crippen LogP contribution is -2.43. The molecule has 0 aliphatic heterocycles. The Morgan fingerprint density at radius 1 is 1.19 bits per heavy atom. The fourth-order valence-corrected chi connectivity index (χ4v) is 2.26. The highest BCUT2D eigenvalue weighted by Gasteiger charge is 2.32. The van der Waals surface area contributed by atoms with Crippen molar-refractivity contribution in [2.24, 2.45) is 0 Å². The highest BCUT2D eigenvalue weighted by molar-refractivity contribution is 5.31. The number of nitriles is 1. The first-order valence-corrected chi connectivity index (χ1v) is 7.75. The van der Waals surface area contributed by atoms with Gasteiger partial charge in [-0.3, -0.25) is 5.32 Å². The number of hydrogen-bond donors (Lipinski definition) is 1. The number of nitrogens with zero attached hydrogens (tertiary/aromatic N) is 1. The summed E-state index contributed by atoms with van der Waals surface area (Å²) in [5, 5.41) is 12.7. The first kappa shape index (κ1) is 15.9. The zero-order chi connectivity index (χ0) is 15.5. The van der Waals surface area contributed by atoms with Crippen molar-refractivity contribution < 1.29 is 4.74 Å². The largest absolute Gasteiger partial charge is 0.493 e. The van der Waals surface area contributed by atoms with E-state index < -0.39 is 5.54 Å². The van der Waals surface area contributed by atoms with Gasteiger partial charge in [0.05, 0.1) is 12.7 Å². The lowest BCUT2D eigenvalue weighted by atomic mass is 9.87. The van der Waals surface area contributed by atoms with Gasteiger partial charge >= 0.3 is 0 Å². The minimum Gasteiger partial charge on any atom is -0.493 e. The van der Waals surface area contributed by atoms with Crippen LogP contribution in [0.5, 0.6) is 5.75 Å². The molecule has 0 bridgehead atoms. The predicted octanol–water partition coefficient (Wildman–Crippen LogP) is 3.79. The Hall–Kier alpha value is -1.53. The molecular weight excluding hydrogens is 260 g/mol. The lowest BCUT2D eigenvalue weighted by Gasteiger charge is -2.23. The van der Waals surface area contributed by atoms with Crippen LogP contribution in [0.2, 0.25) is 0 Å². The Bertz CT molecular complexity index is 506. The summed E-state index contributed by atoms with van der Waals surface area (Å²) in [6.07, 6.45) is 3.07. The monoisotopic (exact) mass is 286 g/mol. The van der Waals surface area contributed by atoms with Crippen LogP contribution in [-0.4, -0.2) is 18.2 Å². The first-order valence-electron chi connectivity index (χ1n) is 7.75. The van der Waals surface area contributed by atoms with E-state index in [0.717, 1.165) is 5.75 Å². The van der Waals surface area contributed by atoms with Gasteiger partial charge in [-0.25, -0.2) is 0 Å². The van der Waals surface area contributed by atoms with Gasteiger partial charge in [0.2, 0.25) is 0 Å². The maximum atomic E-state index is 9.32. The van der Waals surface area contributed by atoms with Crippen LogP contribution in [0.25, 0.3) is 0 Å². The maximum Gasteiger partial charge on any atom is 0.119 e. The maximum absolute atomic E-state index is 9.32. The van der Waals surface area contributed by atoms with Crippen LogP contribution < -0.4 is 10.1 Å². The van der Waals surface area contributed by atoms with Gasteiger partial charge < -0.3 is 4.74 Å². The van der Waals surface area contributed by atoms with Crippen molar-refractivity contribution in [3.63, 3.8) is 0 Å². The van der Waals surface area contributed by atoms with Gasteiger partial charge in [-0.15, -0.1) is 0 Å². The summed E-state index contributed by atoms with van der Waals surface area (Å²) in [5.74, 6) is 0.870. The SMILES string of the molecule is CC(C#N)(CCOc1ccc(C(C)(C)C)cc1)NC1CC1. The third-order valence-corrected chi connectivity index (χ3v) is 3.94. The van der Waals surface area contributed by atoms with Crippen molar-refractivity contribution in [1.82, 2.24) is 5.32 Å². The number of ether oxygens (including phenoxy) is 1. The van der Waals surface area contributed by atoms with E-state index in [4.69, 9.17) is 4.74 Å². The Balaban J connectivity index is 1.84. The van der Waals surface area contributed by atoms with E-state index in [1.54, 1.807) is 0 Å². The molecule has 3 heteroatoms. The summed E-state index contributed by atoms with van der Waals surface area (Å²) in [6, 6.07) is 11.2. The summed E-state index contributed by atoms with van der Waals surface area (Å²) >= 11 is 0. The number of rotatable bonds is 6. The van der Waals surface area contributed by atoms with Crippen LogP contribution in [0.15, 0.2) is 24.3 Å². The van der Waals surface area contributed by atoms with E-state index in [0.29, 0.717) is 19.1 Å². The smallest absolute Gasteiger partial charge is 0.119 e. The van der Waals surface area contributed by atoms with Crippen LogP contribution in [0.1, 0.15) is 52.5 Å². The number of hydrogen-bond acceptors (Lipinski definition) is 3. The van der Waals surface area contributed by atoms with E-state index in [1.807, 2.05) is 19.1 Å². The summed E-state index contributed by atoms with van der Waals surface area (Å²) in [4.78, 5) is 0. The van der Waals surface area contributed by atoms with Crippen molar-refractivity contribution in [3.8, 4) is 11.8 Å². The van der Waals surface area contributed by atoms with E-state index in [-0.39, 0.29) is 5.41 Å². The van der Waals surface area contributed by atoms with E-state index in [9.17, 15) is 5.26 Å². The van der Waals surface area contributed by atoms with Crippen LogP contribution in [0.4, 0.5) is 0 Å².